The lowest BCUT2D eigenvalue weighted by molar-refractivity contribution is 0.155. The molecule has 0 bridgehead atoms. The summed E-state index contributed by atoms with van der Waals surface area (Å²) in [7, 11) is -3.18. The first-order chi connectivity index (χ1) is 7.79. The van der Waals surface area contributed by atoms with E-state index in [2.05, 4.69) is 12.2 Å². The van der Waals surface area contributed by atoms with Crippen LogP contribution in [0.2, 0.25) is 0 Å². The topological polar surface area (TPSA) is 44.8 Å². The number of allylic oxidation sites excluding steroid dienone is 2. The number of phosphoric ester groups is 1. The van der Waals surface area contributed by atoms with Gasteiger partial charge in [0.1, 0.15) is 0 Å². The van der Waals surface area contributed by atoms with Crippen LogP contribution in [0.3, 0.4) is 0 Å². The minimum absolute atomic E-state index is 0.380. The second kappa shape index (κ2) is 5.97. The Kier molecular flexibility index (Phi) is 4.59. The second-order valence-electron chi connectivity index (χ2n) is 4.26. The third kappa shape index (κ3) is 3.70. The molecule has 0 spiro atoms. The molecule has 2 aliphatic rings. The van der Waals surface area contributed by atoms with Gasteiger partial charge in [0.05, 0.1) is 19.8 Å². The van der Waals surface area contributed by atoms with Crippen molar-refractivity contribution in [2.24, 2.45) is 5.92 Å². The number of hydrogen-bond donors (Lipinski definition) is 0. The molecule has 1 aliphatic carbocycles. The van der Waals surface area contributed by atoms with Crippen LogP contribution in [-0.4, -0.2) is 19.8 Å². The van der Waals surface area contributed by atoms with Crippen molar-refractivity contribution in [3.05, 3.63) is 12.2 Å². The Morgan fingerprint density at radius 2 is 1.94 bits per heavy atom. The first-order valence-electron chi connectivity index (χ1n) is 5.97. The molecule has 1 unspecified atom stereocenters. The van der Waals surface area contributed by atoms with Crippen molar-refractivity contribution in [1.82, 2.24) is 0 Å². The first-order valence-corrected chi connectivity index (χ1v) is 7.43. The van der Waals surface area contributed by atoms with Gasteiger partial charge in [0.25, 0.3) is 0 Å². The van der Waals surface area contributed by atoms with Crippen molar-refractivity contribution in [1.29, 1.82) is 0 Å². The Labute approximate surface area is 96.6 Å². The van der Waals surface area contributed by atoms with Crippen molar-refractivity contribution >= 4 is 7.82 Å². The van der Waals surface area contributed by atoms with E-state index in [4.69, 9.17) is 13.6 Å². The number of phosphoric acid groups is 1. The molecule has 5 heteroatoms. The van der Waals surface area contributed by atoms with E-state index < -0.39 is 7.82 Å². The molecule has 1 atom stereocenters. The largest absolute Gasteiger partial charge is 0.474 e. The van der Waals surface area contributed by atoms with Gasteiger partial charge < -0.3 is 0 Å². The summed E-state index contributed by atoms with van der Waals surface area (Å²) in [5, 5.41) is 0. The molecule has 2 rings (SSSR count). The molecule has 1 aliphatic heterocycles. The van der Waals surface area contributed by atoms with E-state index >= 15 is 0 Å². The van der Waals surface area contributed by atoms with E-state index in [1.165, 1.54) is 6.42 Å². The molecule has 92 valence electrons. The predicted molar refractivity (Wildman–Crippen MR) is 61.2 cm³/mol. The van der Waals surface area contributed by atoms with Gasteiger partial charge in [-0.3, -0.25) is 13.6 Å². The highest BCUT2D eigenvalue weighted by atomic mass is 31.2. The third-order valence-corrected chi connectivity index (χ3v) is 4.40. The van der Waals surface area contributed by atoms with Gasteiger partial charge >= 0.3 is 7.82 Å². The quantitative estimate of drug-likeness (QED) is 0.566. The number of rotatable bonds is 3. The van der Waals surface area contributed by atoms with Gasteiger partial charge in [-0.25, -0.2) is 4.57 Å². The Bertz CT molecular complexity index is 280. The van der Waals surface area contributed by atoms with E-state index in [-0.39, 0.29) is 0 Å². The summed E-state index contributed by atoms with van der Waals surface area (Å²) >= 11 is 0. The Balaban J connectivity index is 1.75. The summed E-state index contributed by atoms with van der Waals surface area (Å²) in [5.41, 5.74) is 0. The minimum Gasteiger partial charge on any atom is -0.287 e. The van der Waals surface area contributed by atoms with Crippen LogP contribution in [0, 0.1) is 5.92 Å². The molecule has 0 radical (unpaired) electrons. The van der Waals surface area contributed by atoms with Crippen LogP contribution in [0.4, 0.5) is 0 Å². The molecular formula is C11H19O4P. The van der Waals surface area contributed by atoms with Crippen LogP contribution in [0.25, 0.3) is 0 Å². The van der Waals surface area contributed by atoms with E-state index in [0.717, 1.165) is 25.7 Å². The van der Waals surface area contributed by atoms with Gasteiger partial charge in [0, 0.05) is 0 Å². The maximum Gasteiger partial charge on any atom is 0.474 e. The van der Waals surface area contributed by atoms with E-state index in [9.17, 15) is 4.57 Å². The molecular weight excluding hydrogens is 227 g/mol. The van der Waals surface area contributed by atoms with E-state index in [0.29, 0.717) is 25.7 Å². The first kappa shape index (κ1) is 12.3. The zero-order valence-corrected chi connectivity index (χ0v) is 10.4. The molecule has 0 N–H and O–H groups in total. The third-order valence-electron chi connectivity index (χ3n) is 2.94. The van der Waals surface area contributed by atoms with Crippen LogP contribution in [0.15, 0.2) is 12.2 Å². The maximum atomic E-state index is 11.7. The predicted octanol–water partition coefficient (Wildman–Crippen LogP) is 3.29. The van der Waals surface area contributed by atoms with Crippen LogP contribution in [-0.2, 0) is 18.1 Å². The normalized spacial score (nSPS) is 29.9. The average molecular weight is 246 g/mol. The number of hydrogen-bond acceptors (Lipinski definition) is 4. The van der Waals surface area contributed by atoms with Gasteiger partial charge in [-0.1, -0.05) is 12.2 Å². The summed E-state index contributed by atoms with van der Waals surface area (Å²) in [6.45, 7) is 1.25. The lowest BCUT2D eigenvalue weighted by Crippen LogP contribution is -2.09. The molecule has 0 aromatic rings. The Hall–Kier alpha value is -0.150. The Morgan fingerprint density at radius 1 is 1.19 bits per heavy atom. The summed E-state index contributed by atoms with van der Waals surface area (Å²) in [4.78, 5) is 0. The zero-order valence-electron chi connectivity index (χ0n) is 9.47. The summed E-state index contributed by atoms with van der Waals surface area (Å²) in [5.74, 6) is 0.476. The molecule has 16 heavy (non-hydrogen) atoms. The fraction of sp³-hybridized carbons (Fsp3) is 0.818. The SMILES string of the molecule is O=P1(OCC2CCC=CCCC2)OCCO1. The highest BCUT2D eigenvalue weighted by Gasteiger charge is 2.32. The maximum absolute atomic E-state index is 11.7. The highest BCUT2D eigenvalue weighted by Crippen LogP contribution is 2.53. The minimum atomic E-state index is -3.18. The zero-order chi connectivity index (χ0) is 11.3. The molecule has 0 aromatic carbocycles. The fourth-order valence-electron chi connectivity index (χ4n) is 2.01. The molecule has 0 amide bonds. The van der Waals surface area contributed by atoms with Gasteiger partial charge in [-0.05, 0) is 38.0 Å². The van der Waals surface area contributed by atoms with Crippen molar-refractivity contribution in [2.75, 3.05) is 19.8 Å². The highest BCUT2D eigenvalue weighted by molar-refractivity contribution is 7.48. The smallest absolute Gasteiger partial charge is 0.287 e. The molecule has 4 nitrogen and oxygen atoms in total. The van der Waals surface area contributed by atoms with Crippen molar-refractivity contribution in [3.8, 4) is 0 Å². The van der Waals surface area contributed by atoms with Crippen LogP contribution < -0.4 is 0 Å². The molecule has 0 saturated carbocycles. The molecule has 1 fully saturated rings. The Morgan fingerprint density at radius 3 is 2.75 bits per heavy atom. The van der Waals surface area contributed by atoms with E-state index in [1.54, 1.807) is 0 Å². The summed E-state index contributed by atoms with van der Waals surface area (Å²) in [6, 6.07) is 0. The standard InChI is InChI=1S/C11H19O4P/c12-16(13-8-9-14-16)15-10-11-6-4-2-1-3-5-7-11/h1-2,11H,3-10H2. The van der Waals surface area contributed by atoms with Gasteiger partial charge in [-0.15, -0.1) is 0 Å². The molecule has 0 aromatic heterocycles. The van der Waals surface area contributed by atoms with Gasteiger partial charge in [0.2, 0.25) is 0 Å². The van der Waals surface area contributed by atoms with Crippen molar-refractivity contribution in [3.63, 3.8) is 0 Å². The van der Waals surface area contributed by atoms with Crippen molar-refractivity contribution in [2.45, 2.75) is 32.1 Å². The summed E-state index contributed by atoms with van der Waals surface area (Å²) < 4.78 is 27.0. The van der Waals surface area contributed by atoms with Crippen LogP contribution in [0.1, 0.15) is 32.1 Å². The molecule has 1 saturated heterocycles. The lowest BCUT2D eigenvalue weighted by Gasteiger charge is -2.18. The summed E-state index contributed by atoms with van der Waals surface area (Å²) in [6.07, 6.45) is 10.1. The van der Waals surface area contributed by atoms with Gasteiger partial charge in [-0.2, -0.15) is 0 Å². The van der Waals surface area contributed by atoms with Gasteiger partial charge in [0.15, 0.2) is 0 Å². The lowest BCUT2D eigenvalue weighted by atomic mass is 9.95. The fourth-order valence-corrected chi connectivity index (χ4v) is 3.22. The second-order valence-corrected chi connectivity index (χ2v) is 5.92. The van der Waals surface area contributed by atoms with Crippen LogP contribution in [0.5, 0.6) is 0 Å². The van der Waals surface area contributed by atoms with Crippen molar-refractivity contribution < 1.29 is 18.1 Å². The monoisotopic (exact) mass is 246 g/mol. The average Bonchev–Trinajstić information content (AvgIpc) is 2.64. The molecule has 1 heterocycles. The van der Waals surface area contributed by atoms with Crippen LogP contribution >= 0.6 is 7.82 Å². The van der Waals surface area contributed by atoms with E-state index in [1.807, 2.05) is 0 Å².